The van der Waals surface area contributed by atoms with Crippen molar-refractivity contribution in [2.24, 2.45) is 5.92 Å². The Morgan fingerprint density at radius 1 is 1.19 bits per heavy atom. The third kappa shape index (κ3) is 5.39. The van der Waals surface area contributed by atoms with Crippen LogP contribution in [0, 0.1) is 5.92 Å². The van der Waals surface area contributed by atoms with Crippen molar-refractivity contribution in [3.8, 4) is 17.2 Å². The smallest absolute Gasteiger partial charge is 0.244 e. The minimum atomic E-state index is -0.226. The fraction of sp³-hybridized carbons (Fsp3) is 0.550. The van der Waals surface area contributed by atoms with Crippen LogP contribution in [0.5, 0.6) is 17.2 Å². The molecular weight excluding hydrogens is 334 g/mol. The number of aliphatic hydroxyl groups excluding tert-OH is 1. The van der Waals surface area contributed by atoms with Gasteiger partial charge in [0.1, 0.15) is 0 Å². The highest BCUT2D eigenvalue weighted by Crippen LogP contribution is 2.38. The minimum Gasteiger partial charge on any atom is -0.493 e. The fourth-order valence-electron chi connectivity index (χ4n) is 3.45. The summed E-state index contributed by atoms with van der Waals surface area (Å²) in [6.07, 6.45) is 8.85. The SMILES string of the molecule is COc1cc(C=CC(=O)NC(CO)CC2CCCC2)cc(OC)c1OC. The Kier molecular flexibility index (Phi) is 7.78. The summed E-state index contributed by atoms with van der Waals surface area (Å²) in [6.45, 7) is -0.0414. The van der Waals surface area contributed by atoms with Gasteiger partial charge in [0.2, 0.25) is 11.7 Å². The molecule has 2 N–H and O–H groups in total. The number of hydrogen-bond donors (Lipinski definition) is 2. The number of amides is 1. The second-order valence-electron chi connectivity index (χ2n) is 6.57. The third-order valence-corrected chi connectivity index (χ3v) is 4.77. The number of methoxy groups -OCH3 is 3. The summed E-state index contributed by atoms with van der Waals surface area (Å²) in [6, 6.07) is 3.34. The quantitative estimate of drug-likeness (QED) is 0.660. The van der Waals surface area contributed by atoms with E-state index in [4.69, 9.17) is 14.2 Å². The number of benzene rings is 1. The molecule has 0 aliphatic heterocycles. The van der Waals surface area contributed by atoms with Crippen LogP contribution in [0.3, 0.4) is 0 Å². The van der Waals surface area contributed by atoms with Crippen molar-refractivity contribution in [2.45, 2.75) is 38.1 Å². The van der Waals surface area contributed by atoms with Crippen molar-refractivity contribution in [3.05, 3.63) is 23.8 Å². The number of nitrogens with one attached hydrogen (secondary N) is 1. The molecule has 26 heavy (non-hydrogen) atoms. The van der Waals surface area contributed by atoms with Crippen LogP contribution >= 0.6 is 0 Å². The lowest BCUT2D eigenvalue weighted by Gasteiger charge is -2.19. The van der Waals surface area contributed by atoms with Crippen molar-refractivity contribution < 1.29 is 24.1 Å². The van der Waals surface area contributed by atoms with Gasteiger partial charge in [-0.1, -0.05) is 25.7 Å². The van der Waals surface area contributed by atoms with Crippen LogP contribution in [0.25, 0.3) is 6.08 Å². The summed E-state index contributed by atoms with van der Waals surface area (Å²) in [5, 5.41) is 12.4. The zero-order valence-electron chi connectivity index (χ0n) is 15.8. The molecule has 1 aromatic rings. The molecule has 0 bridgehead atoms. The summed E-state index contributed by atoms with van der Waals surface area (Å²) in [4.78, 5) is 12.2. The Hall–Kier alpha value is -2.21. The molecule has 1 amide bonds. The molecule has 0 heterocycles. The monoisotopic (exact) mass is 363 g/mol. The minimum absolute atomic E-state index is 0.0414. The van der Waals surface area contributed by atoms with E-state index in [2.05, 4.69) is 5.32 Å². The molecule has 0 aromatic heterocycles. The number of rotatable bonds is 9. The van der Waals surface area contributed by atoms with E-state index in [9.17, 15) is 9.90 Å². The van der Waals surface area contributed by atoms with Crippen molar-refractivity contribution in [1.29, 1.82) is 0 Å². The molecule has 1 aromatic carbocycles. The average molecular weight is 363 g/mol. The van der Waals surface area contributed by atoms with E-state index in [1.165, 1.54) is 31.8 Å². The van der Waals surface area contributed by atoms with Gasteiger partial charge in [0.05, 0.1) is 34.0 Å². The molecule has 6 heteroatoms. The van der Waals surface area contributed by atoms with Gasteiger partial charge in [-0.15, -0.1) is 0 Å². The third-order valence-electron chi connectivity index (χ3n) is 4.77. The van der Waals surface area contributed by atoms with E-state index in [0.717, 1.165) is 12.0 Å². The van der Waals surface area contributed by atoms with Gasteiger partial charge in [0, 0.05) is 6.08 Å². The van der Waals surface area contributed by atoms with Gasteiger partial charge in [-0.05, 0) is 36.1 Å². The van der Waals surface area contributed by atoms with Crippen LogP contribution in [0.2, 0.25) is 0 Å². The van der Waals surface area contributed by atoms with Gasteiger partial charge in [-0.2, -0.15) is 0 Å². The highest BCUT2D eigenvalue weighted by Gasteiger charge is 2.20. The maximum atomic E-state index is 12.2. The summed E-state index contributed by atoms with van der Waals surface area (Å²) >= 11 is 0. The Balaban J connectivity index is 2.02. The predicted octanol–water partition coefficient (Wildman–Crippen LogP) is 2.78. The number of carbonyl (C=O) groups is 1. The lowest BCUT2D eigenvalue weighted by Crippen LogP contribution is -2.37. The number of carbonyl (C=O) groups excluding carboxylic acids is 1. The van der Waals surface area contributed by atoms with E-state index in [0.29, 0.717) is 23.2 Å². The van der Waals surface area contributed by atoms with Gasteiger partial charge in [0.25, 0.3) is 0 Å². The summed E-state index contributed by atoms with van der Waals surface area (Å²) in [5.41, 5.74) is 0.756. The molecular formula is C20H29NO5. The second kappa shape index (κ2) is 10.1. The van der Waals surface area contributed by atoms with Gasteiger partial charge < -0.3 is 24.6 Å². The lowest BCUT2D eigenvalue weighted by molar-refractivity contribution is -0.117. The zero-order chi connectivity index (χ0) is 18.9. The predicted molar refractivity (Wildman–Crippen MR) is 101 cm³/mol. The van der Waals surface area contributed by atoms with Gasteiger partial charge in [0.15, 0.2) is 11.5 Å². The highest BCUT2D eigenvalue weighted by atomic mass is 16.5. The highest BCUT2D eigenvalue weighted by molar-refractivity contribution is 5.92. The normalized spacial score (nSPS) is 15.8. The summed E-state index contributed by atoms with van der Waals surface area (Å²) < 4.78 is 15.9. The summed E-state index contributed by atoms with van der Waals surface area (Å²) in [7, 11) is 4.64. The molecule has 1 aliphatic rings. The lowest BCUT2D eigenvalue weighted by atomic mass is 9.99. The number of aliphatic hydroxyl groups is 1. The van der Waals surface area contributed by atoms with Crippen molar-refractivity contribution in [1.82, 2.24) is 5.32 Å². The standard InChI is InChI=1S/C20H29NO5/c1-24-17-11-15(12-18(25-2)20(17)26-3)8-9-19(23)21-16(13-22)10-14-6-4-5-7-14/h8-9,11-12,14,16,22H,4-7,10,13H2,1-3H3,(H,21,23). The van der Waals surface area contributed by atoms with E-state index >= 15 is 0 Å². The topological polar surface area (TPSA) is 77.0 Å². The maximum absolute atomic E-state index is 12.2. The Labute approximate surface area is 155 Å². The van der Waals surface area contributed by atoms with Crippen LogP contribution in [0.4, 0.5) is 0 Å². The molecule has 1 unspecified atom stereocenters. The Bertz CT molecular complexity index is 598. The largest absolute Gasteiger partial charge is 0.493 e. The van der Waals surface area contributed by atoms with E-state index in [1.54, 1.807) is 39.5 Å². The van der Waals surface area contributed by atoms with Crippen LogP contribution < -0.4 is 19.5 Å². The van der Waals surface area contributed by atoms with E-state index in [1.807, 2.05) is 0 Å². The molecule has 0 saturated heterocycles. The molecule has 144 valence electrons. The Morgan fingerprint density at radius 3 is 2.31 bits per heavy atom. The number of ether oxygens (including phenoxy) is 3. The second-order valence-corrected chi connectivity index (χ2v) is 6.57. The van der Waals surface area contributed by atoms with Crippen molar-refractivity contribution in [3.63, 3.8) is 0 Å². The summed E-state index contributed by atoms with van der Waals surface area (Å²) in [5.74, 6) is 1.94. The van der Waals surface area contributed by atoms with Crippen LogP contribution in [0.1, 0.15) is 37.7 Å². The van der Waals surface area contributed by atoms with Crippen LogP contribution in [-0.2, 0) is 4.79 Å². The first kappa shape index (κ1) is 20.1. The Morgan fingerprint density at radius 2 is 1.81 bits per heavy atom. The molecule has 0 spiro atoms. The van der Waals surface area contributed by atoms with E-state index in [-0.39, 0.29) is 18.6 Å². The first-order valence-corrected chi connectivity index (χ1v) is 9.00. The van der Waals surface area contributed by atoms with Crippen LogP contribution in [-0.4, -0.2) is 45.0 Å². The van der Waals surface area contributed by atoms with E-state index < -0.39 is 0 Å². The van der Waals surface area contributed by atoms with Crippen molar-refractivity contribution >= 4 is 12.0 Å². The fourth-order valence-corrected chi connectivity index (χ4v) is 3.45. The molecule has 6 nitrogen and oxygen atoms in total. The first-order chi connectivity index (χ1) is 12.6. The molecule has 2 rings (SSSR count). The molecule has 1 fully saturated rings. The van der Waals surface area contributed by atoms with Crippen LogP contribution in [0.15, 0.2) is 18.2 Å². The molecule has 1 saturated carbocycles. The van der Waals surface area contributed by atoms with Gasteiger partial charge >= 0.3 is 0 Å². The molecule has 0 radical (unpaired) electrons. The first-order valence-electron chi connectivity index (χ1n) is 9.00. The molecule has 1 aliphatic carbocycles. The van der Waals surface area contributed by atoms with Gasteiger partial charge in [-0.25, -0.2) is 0 Å². The van der Waals surface area contributed by atoms with Gasteiger partial charge in [-0.3, -0.25) is 4.79 Å². The zero-order valence-corrected chi connectivity index (χ0v) is 15.8. The van der Waals surface area contributed by atoms with Crippen molar-refractivity contribution in [2.75, 3.05) is 27.9 Å². The maximum Gasteiger partial charge on any atom is 0.244 e. The average Bonchev–Trinajstić information content (AvgIpc) is 3.17. The molecule has 1 atom stereocenters. The number of hydrogen-bond acceptors (Lipinski definition) is 5.